The van der Waals surface area contributed by atoms with Gasteiger partial charge in [-0.15, -0.1) is 0 Å². The van der Waals surface area contributed by atoms with Crippen molar-refractivity contribution in [3.05, 3.63) is 90.0 Å². The number of methoxy groups -OCH3 is 2. The summed E-state index contributed by atoms with van der Waals surface area (Å²) in [7, 11) is 3.26. The molecule has 7 heteroatoms. The number of amides is 1. The molecule has 3 aromatic rings. The Morgan fingerprint density at radius 3 is 2.41 bits per heavy atom. The number of hydrogen-bond acceptors (Lipinski definition) is 6. The maximum absolute atomic E-state index is 13.1. The predicted molar refractivity (Wildman–Crippen MR) is 129 cm³/mol. The van der Waals surface area contributed by atoms with Gasteiger partial charge in [-0.1, -0.05) is 35.5 Å². The van der Waals surface area contributed by atoms with Gasteiger partial charge in [0.05, 0.1) is 26.5 Å². The van der Waals surface area contributed by atoms with E-state index in [1.54, 1.807) is 19.1 Å². The van der Waals surface area contributed by atoms with E-state index in [1.165, 1.54) is 0 Å². The van der Waals surface area contributed by atoms with Crippen LogP contribution in [0, 0.1) is 0 Å². The Morgan fingerprint density at radius 1 is 0.941 bits per heavy atom. The summed E-state index contributed by atoms with van der Waals surface area (Å²) in [6, 6.07) is 24.7. The van der Waals surface area contributed by atoms with Crippen molar-refractivity contribution in [2.24, 2.45) is 5.16 Å². The molecule has 0 saturated heterocycles. The number of oxime groups is 1. The molecule has 3 aromatic carbocycles. The molecule has 0 spiro atoms. The zero-order valence-electron chi connectivity index (χ0n) is 19.3. The standard InChI is InChI=1S/C27H28N2O5/c1-31-22-13-11-21(12-14-22)26-16-25(34-28-26)18-29(17-20-7-6-10-24(15-20)32-2)27(30)19-33-23-8-4-3-5-9-23/h3-15,25H,16-19H2,1-2H3/t25-/m1/s1. The highest BCUT2D eigenvalue weighted by Crippen LogP contribution is 2.22. The summed E-state index contributed by atoms with van der Waals surface area (Å²) >= 11 is 0. The van der Waals surface area contributed by atoms with Crippen molar-refractivity contribution in [1.29, 1.82) is 0 Å². The Hall–Kier alpha value is -4.00. The Labute approximate surface area is 199 Å². The van der Waals surface area contributed by atoms with Gasteiger partial charge in [-0.25, -0.2) is 0 Å². The van der Waals surface area contributed by atoms with E-state index in [1.807, 2.05) is 78.9 Å². The van der Waals surface area contributed by atoms with Crippen LogP contribution in [-0.4, -0.2) is 50.0 Å². The molecule has 0 unspecified atom stereocenters. The van der Waals surface area contributed by atoms with Crippen LogP contribution in [0.2, 0.25) is 0 Å². The Bertz CT molecular complexity index is 1120. The van der Waals surface area contributed by atoms with E-state index < -0.39 is 0 Å². The molecule has 1 aliphatic heterocycles. The topological polar surface area (TPSA) is 69.6 Å². The molecule has 1 aliphatic rings. The minimum absolute atomic E-state index is 0.0626. The molecule has 4 rings (SSSR count). The molecule has 1 atom stereocenters. The first-order valence-electron chi connectivity index (χ1n) is 11.1. The van der Waals surface area contributed by atoms with Crippen LogP contribution in [-0.2, 0) is 16.2 Å². The lowest BCUT2D eigenvalue weighted by molar-refractivity contribution is -0.135. The number of carbonyl (C=O) groups excluding carboxylic acids is 1. The van der Waals surface area contributed by atoms with Crippen LogP contribution < -0.4 is 14.2 Å². The molecular formula is C27H28N2O5. The highest BCUT2D eigenvalue weighted by Gasteiger charge is 2.27. The fourth-order valence-corrected chi connectivity index (χ4v) is 3.72. The Balaban J connectivity index is 1.43. The molecule has 0 aromatic heterocycles. The molecule has 0 aliphatic carbocycles. The van der Waals surface area contributed by atoms with Crippen LogP contribution in [0.5, 0.6) is 17.2 Å². The van der Waals surface area contributed by atoms with Crippen molar-refractivity contribution < 1.29 is 23.8 Å². The van der Waals surface area contributed by atoms with E-state index in [9.17, 15) is 4.79 Å². The van der Waals surface area contributed by atoms with Gasteiger partial charge >= 0.3 is 0 Å². The number of hydrogen-bond donors (Lipinski definition) is 0. The van der Waals surface area contributed by atoms with E-state index in [0.29, 0.717) is 25.3 Å². The van der Waals surface area contributed by atoms with E-state index >= 15 is 0 Å². The summed E-state index contributed by atoms with van der Waals surface area (Å²) in [5.74, 6) is 2.05. The summed E-state index contributed by atoms with van der Waals surface area (Å²) in [4.78, 5) is 20.6. The van der Waals surface area contributed by atoms with E-state index in [4.69, 9.17) is 19.0 Å². The third kappa shape index (κ3) is 6.07. The largest absolute Gasteiger partial charge is 0.497 e. The van der Waals surface area contributed by atoms with Crippen molar-refractivity contribution in [3.63, 3.8) is 0 Å². The number of rotatable bonds is 10. The normalized spacial score (nSPS) is 14.6. The Kier molecular flexibility index (Phi) is 7.65. The van der Waals surface area contributed by atoms with Gasteiger partial charge in [0.25, 0.3) is 5.91 Å². The maximum Gasteiger partial charge on any atom is 0.260 e. The first-order chi connectivity index (χ1) is 16.6. The summed E-state index contributed by atoms with van der Waals surface area (Å²) in [5.41, 5.74) is 2.78. The van der Waals surface area contributed by atoms with Gasteiger partial charge in [0.2, 0.25) is 0 Å². The molecule has 34 heavy (non-hydrogen) atoms. The predicted octanol–water partition coefficient (Wildman–Crippen LogP) is 4.30. The second kappa shape index (κ2) is 11.2. The second-order valence-electron chi connectivity index (χ2n) is 7.93. The number of carbonyl (C=O) groups is 1. The third-order valence-electron chi connectivity index (χ3n) is 5.55. The van der Waals surface area contributed by atoms with Gasteiger partial charge < -0.3 is 23.9 Å². The van der Waals surface area contributed by atoms with E-state index in [0.717, 1.165) is 28.3 Å². The fraction of sp³-hybridized carbons (Fsp3) is 0.259. The van der Waals surface area contributed by atoms with Gasteiger partial charge in [-0.3, -0.25) is 4.79 Å². The average Bonchev–Trinajstić information content (AvgIpc) is 3.36. The van der Waals surface area contributed by atoms with Crippen LogP contribution in [0.25, 0.3) is 0 Å². The molecule has 1 amide bonds. The SMILES string of the molecule is COc1ccc(C2=NO[C@@H](CN(Cc3cccc(OC)c3)C(=O)COc3ccccc3)C2)cc1. The van der Waals surface area contributed by atoms with Crippen LogP contribution in [0.4, 0.5) is 0 Å². The van der Waals surface area contributed by atoms with Crippen LogP contribution in [0.15, 0.2) is 84.0 Å². The lowest BCUT2D eigenvalue weighted by atomic mass is 10.0. The third-order valence-corrected chi connectivity index (χ3v) is 5.55. The maximum atomic E-state index is 13.1. The molecule has 0 saturated carbocycles. The van der Waals surface area contributed by atoms with E-state index in [2.05, 4.69) is 5.16 Å². The summed E-state index contributed by atoms with van der Waals surface area (Å²) < 4.78 is 16.3. The average molecular weight is 461 g/mol. The first-order valence-corrected chi connectivity index (χ1v) is 11.1. The Morgan fingerprint density at radius 2 is 1.68 bits per heavy atom. The molecule has 176 valence electrons. The van der Waals surface area contributed by atoms with Crippen molar-refractivity contribution in [3.8, 4) is 17.2 Å². The summed E-state index contributed by atoms with van der Waals surface area (Å²) in [6.07, 6.45) is 0.358. The van der Waals surface area contributed by atoms with Crippen molar-refractivity contribution in [2.75, 3.05) is 27.4 Å². The molecule has 7 nitrogen and oxygen atoms in total. The number of benzene rings is 3. The van der Waals surface area contributed by atoms with Crippen molar-refractivity contribution in [1.82, 2.24) is 4.90 Å². The van der Waals surface area contributed by atoms with Crippen molar-refractivity contribution in [2.45, 2.75) is 19.1 Å². The zero-order valence-corrected chi connectivity index (χ0v) is 19.3. The molecular weight excluding hydrogens is 432 g/mol. The molecule has 0 radical (unpaired) electrons. The number of nitrogens with zero attached hydrogens (tertiary/aromatic N) is 2. The quantitative estimate of drug-likeness (QED) is 0.451. The van der Waals surface area contributed by atoms with Gasteiger partial charge in [0.15, 0.2) is 12.7 Å². The van der Waals surface area contributed by atoms with Crippen LogP contribution in [0.1, 0.15) is 17.5 Å². The van der Waals surface area contributed by atoms with Gasteiger partial charge in [-0.2, -0.15) is 0 Å². The second-order valence-corrected chi connectivity index (χ2v) is 7.93. The molecule has 0 fully saturated rings. The summed E-state index contributed by atoms with van der Waals surface area (Å²) in [6.45, 7) is 0.732. The molecule has 0 bridgehead atoms. The zero-order chi connectivity index (χ0) is 23.8. The minimum Gasteiger partial charge on any atom is -0.497 e. The van der Waals surface area contributed by atoms with Gasteiger partial charge in [0.1, 0.15) is 17.2 Å². The fourth-order valence-electron chi connectivity index (χ4n) is 3.72. The summed E-state index contributed by atoms with van der Waals surface area (Å²) in [5, 5.41) is 4.27. The van der Waals surface area contributed by atoms with Crippen LogP contribution in [0.3, 0.4) is 0 Å². The highest BCUT2D eigenvalue weighted by atomic mass is 16.6. The first kappa shape index (κ1) is 23.2. The van der Waals surface area contributed by atoms with Gasteiger partial charge in [0, 0.05) is 13.0 Å². The lowest BCUT2D eigenvalue weighted by Crippen LogP contribution is -2.40. The van der Waals surface area contributed by atoms with E-state index in [-0.39, 0.29) is 18.6 Å². The highest BCUT2D eigenvalue weighted by molar-refractivity contribution is 6.01. The lowest BCUT2D eigenvalue weighted by Gasteiger charge is -2.25. The monoisotopic (exact) mass is 460 g/mol. The van der Waals surface area contributed by atoms with Crippen molar-refractivity contribution >= 4 is 11.6 Å². The molecule has 0 N–H and O–H groups in total. The smallest absolute Gasteiger partial charge is 0.260 e. The number of para-hydroxylation sites is 1. The number of ether oxygens (including phenoxy) is 3. The van der Waals surface area contributed by atoms with Crippen LogP contribution >= 0.6 is 0 Å². The van der Waals surface area contributed by atoms with Gasteiger partial charge in [-0.05, 0) is 59.7 Å². The molecule has 1 heterocycles. The minimum atomic E-state index is -0.247.